The maximum atomic E-state index is 13.0. The van der Waals surface area contributed by atoms with Crippen molar-refractivity contribution in [3.8, 4) is 0 Å². The molecule has 1 atom stereocenters. The molecule has 0 aromatic heterocycles. The number of rotatable bonds is 5. The van der Waals surface area contributed by atoms with Crippen molar-refractivity contribution in [3.63, 3.8) is 0 Å². The maximum Gasteiger partial charge on any atom is 0.339 e. The van der Waals surface area contributed by atoms with Crippen LogP contribution in [-0.4, -0.2) is 11.8 Å². The highest BCUT2D eigenvalue weighted by Gasteiger charge is 2.26. The molecular weight excluding hydrogens is 348 g/mol. The molecule has 0 N–H and O–H groups in total. The number of Topliss-reactive ketones (excluding diaryl/α,β-unsaturated/α-hetero) is 1. The van der Waals surface area contributed by atoms with Crippen molar-refractivity contribution in [2.45, 2.75) is 13.0 Å². The van der Waals surface area contributed by atoms with Gasteiger partial charge in [-0.05, 0) is 31.2 Å². The fraction of sp³-hybridized carbons (Fsp3) is 0.0909. The summed E-state index contributed by atoms with van der Waals surface area (Å²) in [6, 6.07) is 22.6. The van der Waals surface area contributed by atoms with Gasteiger partial charge in [0, 0.05) is 16.1 Å². The molecule has 3 aromatic carbocycles. The van der Waals surface area contributed by atoms with Crippen LogP contribution in [0.2, 0.25) is 5.02 Å². The summed E-state index contributed by atoms with van der Waals surface area (Å²) in [6.45, 7) is 1.89. The topological polar surface area (TPSA) is 43.4 Å². The number of esters is 1. The van der Waals surface area contributed by atoms with Gasteiger partial charge in [0.25, 0.3) is 0 Å². The average molecular weight is 365 g/mol. The molecule has 3 aromatic rings. The lowest BCUT2D eigenvalue weighted by Gasteiger charge is -2.18. The van der Waals surface area contributed by atoms with E-state index in [2.05, 4.69) is 0 Å². The van der Waals surface area contributed by atoms with E-state index in [0.29, 0.717) is 21.7 Å². The number of hydrogen-bond acceptors (Lipinski definition) is 3. The van der Waals surface area contributed by atoms with Crippen molar-refractivity contribution in [1.82, 2.24) is 0 Å². The third kappa shape index (κ3) is 4.19. The third-order valence-corrected chi connectivity index (χ3v) is 4.20. The number of carbonyl (C=O) groups is 2. The van der Waals surface area contributed by atoms with Crippen molar-refractivity contribution in [2.75, 3.05) is 0 Å². The first kappa shape index (κ1) is 17.9. The normalized spacial score (nSPS) is 11.6. The Morgan fingerprint density at radius 2 is 1.50 bits per heavy atom. The number of hydrogen-bond donors (Lipinski definition) is 0. The van der Waals surface area contributed by atoms with Crippen LogP contribution in [-0.2, 0) is 4.74 Å². The molecule has 130 valence electrons. The van der Waals surface area contributed by atoms with Gasteiger partial charge in [0.1, 0.15) is 0 Å². The molecular formula is C22H17ClO3. The minimum atomic E-state index is -1.04. The van der Waals surface area contributed by atoms with E-state index in [1.54, 1.807) is 66.7 Å². The zero-order chi connectivity index (χ0) is 18.5. The lowest BCUT2D eigenvalue weighted by molar-refractivity contribution is 0.0280. The highest BCUT2D eigenvalue weighted by molar-refractivity contribution is 6.30. The van der Waals surface area contributed by atoms with Gasteiger partial charge in [-0.1, -0.05) is 71.8 Å². The summed E-state index contributed by atoms with van der Waals surface area (Å²) in [5.74, 6) is -0.827. The minimum absolute atomic E-state index is 0.283. The summed E-state index contributed by atoms with van der Waals surface area (Å²) in [6.07, 6.45) is -1.04. The fourth-order valence-corrected chi connectivity index (χ4v) is 2.74. The Kier molecular flexibility index (Phi) is 5.49. The molecule has 3 rings (SSSR count). The molecule has 0 saturated carbocycles. The number of carbonyl (C=O) groups excluding carboxylic acids is 2. The molecule has 0 unspecified atom stereocenters. The van der Waals surface area contributed by atoms with Gasteiger partial charge >= 0.3 is 5.97 Å². The van der Waals surface area contributed by atoms with Gasteiger partial charge in [-0.2, -0.15) is 0 Å². The van der Waals surface area contributed by atoms with E-state index in [0.717, 1.165) is 5.56 Å². The quantitative estimate of drug-likeness (QED) is 0.448. The average Bonchev–Trinajstić information content (AvgIpc) is 2.67. The van der Waals surface area contributed by atoms with Crippen LogP contribution in [0.4, 0.5) is 0 Å². The van der Waals surface area contributed by atoms with Gasteiger partial charge < -0.3 is 4.74 Å². The summed E-state index contributed by atoms with van der Waals surface area (Å²) < 4.78 is 5.60. The van der Waals surface area contributed by atoms with Crippen LogP contribution in [0.5, 0.6) is 0 Å². The number of aryl methyl sites for hydroxylation is 1. The molecule has 0 amide bonds. The molecule has 0 aliphatic heterocycles. The molecule has 0 bridgehead atoms. The van der Waals surface area contributed by atoms with Crippen LogP contribution < -0.4 is 0 Å². The van der Waals surface area contributed by atoms with Crippen LogP contribution >= 0.6 is 11.6 Å². The molecule has 4 heteroatoms. The van der Waals surface area contributed by atoms with Gasteiger partial charge in [-0.15, -0.1) is 0 Å². The maximum absolute atomic E-state index is 13.0. The number of halogens is 1. The summed E-state index contributed by atoms with van der Waals surface area (Å²) in [7, 11) is 0. The number of ketones is 1. The number of benzene rings is 3. The second kappa shape index (κ2) is 7.98. The fourth-order valence-electron chi connectivity index (χ4n) is 2.61. The second-order valence-corrected chi connectivity index (χ2v) is 6.37. The minimum Gasteiger partial charge on any atom is -0.445 e. The zero-order valence-corrected chi connectivity index (χ0v) is 14.9. The molecule has 0 saturated heterocycles. The van der Waals surface area contributed by atoms with E-state index in [-0.39, 0.29) is 5.78 Å². The van der Waals surface area contributed by atoms with Crippen LogP contribution in [0.1, 0.15) is 37.9 Å². The highest BCUT2D eigenvalue weighted by atomic mass is 35.5. The van der Waals surface area contributed by atoms with Crippen LogP contribution in [0, 0.1) is 6.92 Å². The predicted octanol–water partition coefficient (Wildman–Crippen LogP) is 5.43. The summed E-state index contributed by atoms with van der Waals surface area (Å²) in [4.78, 5) is 25.5. The Bertz CT molecular complexity index is 918. The van der Waals surface area contributed by atoms with E-state index in [1.807, 2.05) is 19.1 Å². The van der Waals surface area contributed by atoms with E-state index in [1.165, 1.54) is 0 Å². The van der Waals surface area contributed by atoms with Gasteiger partial charge in [-0.25, -0.2) is 4.79 Å². The molecule has 0 spiro atoms. The molecule has 3 nitrogen and oxygen atoms in total. The highest BCUT2D eigenvalue weighted by Crippen LogP contribution is 2.25. The third-order valence-electron chi connectivity index (χ3n) is 3.95. The SMILES string of the molecule is Cc1cccc(C(=O)O[C@H](C(=O)c2ccccc2)c2ccc(Cl)cc2)c1. The van der Waals surface area contributed by atoms with Crippen LogP contribution in [0.15, 0.2) is 78.9 Å². The number of ether oxygens (including phenoxy) is 1. The Morgan fingerprint density at radius 3 is 2.15 bits per heavy atom. The first-order chi connectivity index (χ1) is 12.5. The predicted molar refractivity (Wildman–Crippen MR) is 102 cm³/mol. The summed E-state index contributed by atoms with van der Waals surface area (Å²) in [5.41, 5.74) is 2.40. The summed E-state index contributed by atoms with van der Waals surface area (Å²) in [5, 5.41) is 0.546. The smallest absolute Gasteiger partial charge is 0.339 e. The molecule has 0 aliphatic carbocycles. The lowest BCUT2D eigenvalue weighted by atomic mass is 9.99. The molecule has 0 fully saturated rings. The Labute approximate surface area is 157 Å². The lowest BCUT2D eigenvalue weighted by Crippen LogP contribution is -2.20. The van der Waals surface area contributed by atoms with Crippen molar-refractivity contribution < 1.29 is 14.3 Å². The van der Waals surface area contributed by atoms with E-state index in [9.17, 15) is 9.59 Å². The zero-order valence-electron chi connectivity index (χ0n) is 14.2. The Hall–Kier alpha value is -2.91. The van der Waals surface area contributed by atoms with Crippen molar-refractivity contribution in [2.24, 2.45) is 0 Å². The van der Waals surface area contributed by atoms with Crippen molar-refractivity contribution in [1.29, 1.82) is 0 Å². The summed E-state index contributed by atoms with van der Waals surface area (Å²) >= 11 is 5.94. The molecule has 26 heavy (non-hydrogen) atoms. The largest absolute Gasteiger partial charge is 0.445 e. The van der Waals surface area contributed by atoms with Gasteiger partial charge in [-0.3, -0.25) is 4.79 Å². The van der Waals surface area contributed by atoms with Crippen LogP contribution in [0.25, 0.3) is 0 Å². The Balaban J connectivity index is 1.94. The van der Waals surface area contributed by atoms with Gasteiger partial charge in [0.05, 0.1) is 5.56 Å². The van der Waals surface area contributed by atoms with Crippen molar-refractivity contribution in [3.05, 3.63) is 106 Å². The monoisotopic (exact) mass is 364 g/mol. The Morgan fingerprint density at radius 1 is 0.846 bits per heavy atom. The second-order valence-electron chi connectivity index (χ2n) is 5.94. The molecule has 0 radical (unpaired) electrons. The van der Waals surface area contributed by atoms with E-state index in [4.69, 9.17) is 16.3 Å². The molecule has 0 aliphatic rings. The van der Waals surface area contributed by atoms with Gasteiger partial charge in [0.2, 0.25) is 5.78 Å². The van der Waals surface area contributed by atoms with Gasteiger partial charge in [0.15, 0.2) is 6.10 Å². The first-order valence-electron chi connectivity index (χ1n) is 8.17. The van der Waals surface area contributed by atoms with E-state index < -0.39 is 12.1 Å². The first-order valence-corrected chi connectivity index (χ1v) is 8.55. The standard InChI is InChI=1S/C22H17ClO3/c1-15-6-5-9-18(14-15)22(25)26-21(17-10-12-19(23)13-11-17)20(24)16-7-3-2-4-8-16/h2-14,21H,1H3/t21-/m0/s1. The van der Waals surface area contributed by atoms with E-state index >= 15 is 0 Å². The van der Waals surface area contributed by atoms with Crippen molar-refractivity contribution >= 4 is 23.4 Å². The molecule has 0 heterocycles. The van der Waals surface area contributed by atoms with Crippen LogP contribution in [0.3, 0.4) is 0 Å².